The van der Waals surface area contributed by atoms with Crippen molar-refractivity contribution in [3.8, 4) is 34.5 Å². The van der Waals surface area contributed by atoms with Gasteiger partial charge in [-0.25, -0.2) is 18.6 Å². The minimum absolute atomic E-state index is 0.00724. The largest absolute Gasteiger partial charge is 0.468 e. The number of ether oxygens (including phenoxy) is 4. The number of anilines is 1. The van der Waals surface area contributed by atoms with E-state index >= 15 is 4.39 Å². The highest BCUT2D eigenvalue weighted by Crippen LogP contribution is 2.44. The van der Waals surface area contributed by atoms with E-state index in [2.05, 4.69) is 57.9 Å². The Morgan fingerprint density at radius 3 is 2.44 bits per heavy atom. The van der Waals surface area contributed by atoms with Crippen molar-refractivity contribution in [3.05, 3.63) is 47.9 Å². The number of rotatable bonds is 11. The fourth-order valence-electron chi connectivity index (χ4n) is 10.3. The minimum Gasteiger partial charge on any atom is -0.468 e. The van der Waals surface area contributed by atoms with Crippen LogP contribution in [0.15, 0.2) is 36.5 Å². The average molecular weight is 871 g/mol. The van der Waals surface area contributed by atoms with Gasteiger partial charge in [0.05, 0.1) is 10.9 Å². The van der Waals surface area contributed by atoms with Gasteiger partial charge in [0.15, 0.2) is 18.4 Å². The van der Waals surface area contributed by atoms with E-state index < -0.39 is 37.3 Å². The molecule has 2 aromatic carbocycles. The van der Waals surface area contributed by atoms with Gasteiger partial charge in [0.25, 0.3) is 0 Å². The SMILES string of the molecule is COCOc1cc(-c2ncc3c(N4CCCCCN4C(=O)OC(C)(C)C)nc(OC[C@@]45CCCN4C[C@H](F)C5)nc3c2F)c2c(C#C[Si](C(C)C)(C(C)C)C(C)C)cccc2c1. The first kappa shape index (κ1) is 45.4. The number of methoxy groups -OCH3 is 1. The maximum absolute atomic E-state index is 17.9. The number of carbonyl (C=O) groups is 1. The molecule has 0 spiro atoms. The molecule has 0 aliphatic carbocycles. The lowest BCUT2D eigenvalue weighted by Gasteiger charge is -2.38. The molecule has 11 nitrogen and oxygen atoms in total. The van der Waals surface area contributed by atoms with Crippen molar-refractivity contribution in [2.75, 3.05) is 51.7 Å². The van der Waals surface area contributed by atoms with Crippen molar-refractivity contribution in [2.45, 2.75) is 135 Å². The maximum atomic E-state index is 17.9. The van der Waals surface area contributed by atoms with Crippen LogP contribution in [0.25, 0.3) is 32.9 Å². The van der Waals surface area contributed by atoms with Crippen LogP contribution in [0, 0.1) is 17.3 Å². The third-order valence-electron chi connectivity index (χ3n) is 13.1. The van der Waals surface area contributed by atoms with Crippen LogP contribution in [0.2, 0.25) is 16.6 Å². The van der Waals surface area contributed by atoms with Crippen LogP contribution in [-0.4, -0.2) is 103 Å². The van der Waals surface area contributed by atoms with Crippen LogP contribution in [0.5, 0.6) is 11.8 Å². The van der Waals surface area contributed by atoms with Gasteiger partial charge in [-0.05, 0) is 99.6 Å². The quantitative estimate of drug-likeness (QED) is 0.0822. The number of hydrazine groups is 1. The topological polar surface area (TPSA) is 102 Å². The zero-order valence-electron chi connectivity index (χ0n) is 38.2. The summed E-state index contributed by atoms with van der Waals surface area (Å²) in [5.41, 5.74) is 5.15. The molecule has 3 aliphatic rings. The average Bonchev–Trinajstić information content (AvgIpc) is 3.61. The van der Waals surface area contributed by atoms with Crippen LogP contribution >= 0.6 is 0 Å². The summed E-state index contributed by atoms with van der Waals surface area (Å²) in [5.74, 6) is 3.69. The first-order chi connectivity index (χ1) is 29.5. The second-order valence-corrected chi connectivity index (χ2v) is 24.8. The highest BCUT2D eigenvalue weighted by atomic mass is 28.3. The summed E-state index contributed by atoms with van der Waals surface area (Å²) in [5, 5.41) is 5.15. The van der Waals surface area contributed by atoms with Crippen LogP contribution in [-0.2, 0) is 9.47 Å². The predicted octanol–water partition coefficient (Wildman–Crippen LogP) is 10.6. The number of pyridine rings is 1. The van der Waals surface area contributed by atoms with E-state index in [1.54, 1.807) is 29.4 Å². The molecule has 2 aromatic heterocycles. The molecule has 0 bridgehead atoms. The van der Waals surface area contributed by atoms with E-state index in [1.807, 2.05) is 45.0 Å². The number of fused-ring (bicyclic) bond motifs is 3. The van der Waals surface area contributed by atoms with E-state index in [0.717, 1.165) is 55.0 Å². The van der Waals surface area contributed by atoms with Gasteiger partial charge < -0.3 is 18.9 Å². The van der Waals surface area contributed by atoms with Gasteiger partial charge in [-0.15, -0.1) is 5.54 Å². The first-order valence-electron chi connectivity index (χ1n) is 22.4. The summed E-state index contributed by atoms with van der Waals surface area (Å²) in [6, 6.07) is 9.54. The van der Waals surface area contributed by atoms with Gasteiger partial charge in [0.1, 0.15) is 43.4 Å². The van der Waals surface area contributed by atoms with E-state index in [4.69, 9.17) is 33.9 Å². The van der Waals surface area contributed by atoms with Crippen molar-refractivity contribution in [1.82, 2.24) is 24.9 Å². The molecule has 3 fully saturated rings. The Morgan fingerprint density at radius 1 is 0.984 bits per heavy atom. The Morgan fingerprint density at radius 2 is 1.73 bits per heavy atom. The molecule has 0 N–H and O–H groups in total. The zero-order valence-corrected chi connectivity index (χ0v) is 39.2. The number of alkyl halides is 1. The maximum Gasteiger partial charge on any atom is 0.429 e. The summed E-state index contributed by atoms with van der Waals surface area (Å²) in [6.07, 6.45) is 4.52. The number of hydrogen-bond donors (Lipinski definition) is 0. The number of nitrogens with zero attached hydrogens (tertiary/aromatic N) is 6. The molecule has 3 saturated heterocycles. The van der Waals surface area contributed by atoms with Gasteiger partial charge in [0.2, 0.25) is 0 Å². The summed E-state index contributed by atoms with van der Waals surface area (Å²) >= 11 is 0. The number of hydrogen-bond acceptors (Lipinski definition) is 10. The number of benzene rings is 2. The van der Waals surface area contributed by atoms with Crippen molar-refractivity contribution in [1.29, 1.82) is 0 Å². The monoisotopic (exact) mass is 870 g/mol. The number of amides is 1. The van der Waals surface area contributed by atoms with Gasteiger partial charge in [-0.3, -0.25) is 14.9 Å². The Balaban J connectivity index is 1.44. The third-order valence-corrected chi connectivity index (χ3v) is 19.4. The summed E-state index contributed by atoms with van der Waals surface area (Å²) in [7, 11) is -0.601. The third kappa shape index (κ3) is 8.95. The molecule has 62 heavy (non-hydrogen) atoms. The molecule has 2 atom stereocenters. The van der Waals surface area contributed by atoms with Crippen LogP contribution in [0.1, 0.15) is 106 Å². The fraction of sp³-hybridized carbons (Fsp3) is 0.583. The van der Waals surface area contributed by atoms with Crippen LogP contribution in [0.4, 0.5) is 19.4 Å². The Labute approximate surface area is 366 Å². The number of carbonyl (C=O) groups excluding carboxylic acids is 1. The van der Waals surface area contributed by atoms with Crippen molar-refractivity contribution in [3.63, 3.8) is 0 Å². The second-order valence-electron chi connectivity index (χ2n) is 19.2. The van der Waals surface area contributed by atoms with E-state index in [0.29, 0.717) is 59.4 Å². The Bertz CT molecular complexity index is 2320. The molecule has 7 rings (SSSR count). The molecular weight excluding hydrogens is 807 g/mol. The standard InChI is InChI=1S/C48H64F2N6O5Si/c1-31(2)62(32(3)4,33(5)6)23-18-34-16-14-17-35-24-37(60-30-58-10)25-38(40(34)35)42-41(50)43-39(27-51-42)44(55-21-12-11-13-22-56(55)46(57)61-47(7,8)9)53-45(52-43)59-29-48-19-15-20-54(48)28-36(49)26-48/h14,16-17,24-25,27,31-33,36H,11-13,15,19-22,26,28-30H2,1-10H3/t36-,48+/m1/s1. The summed E-state index contributed by atoms with van der Waals surface area (Å²) in [6.45, 7) is 21.2. The first-order valence-corrected chi connectivity index (χ1v) is 24.6. The zero-order chi connectivity index (χ0) is 44.6. The normalized spacial score (nSPS) is 20.0. The van der Waals surface area contributed by atoms with Crippen LogP contribution in [0.3, 0.4) is 0 Å². The molecule has 1 amide bonds. The lowest BCUT2D eigenvalue weighted by atomic mass is 9.95. The molecular formula is C48H64F2N6O5Si. The van der Waals surface area contributed by atoms with Gasteiger partial charge >= 0.3 is 12.1 Å². The molecule has 14 heteroatoms. The van der Waals surface area contributed by atoms with E-state index in [9.17, 15) is 9.18 Å². The molecule has 0 unspecified atom stereocenters. The minimum atomic E-state index is -2.15. The number of aromatic nitrogens is 3. The van der Waals surface area contributed by atoms with E-state index in [1.165, 1.54) is 0 Å². The molecule has 0 saturated carbocycles. The molecule has 5 heterocycles. The molecule has 4 aromatic rings. The van der Waals surface area contributed by atoms with Gasteiger partial charge in [0, 0.05) is 55.9 Å². The highest BCUT2D eigenvalue weighted by Gasteiger charge is 2.49. The lowest BCUT2D eigenvalue weighted by molar-refractivity contribution is 0.0232. The van der Waals surface area contributed by atoms with Crippen molar-refractivity contribution >= 4 is 41.7 Å². The number of halogens is 2. The predicted molar refractivity (Wildman–Crippen MR) is 243 cm³/mol. The van der Waals surface area contributed by atoms with Gasteiger partial charge in [-0.1, -0.05) is 59.6 Å². The van der Waals surface area contributed by atoms with E-state index in [-0.39, 0.29) is 36.4 Å². The second kappa shape index (κ2) is 18.3. The Kier molecular flexibility index (Phi) is 13.4. The fourth-order valence-corrected chi connectivity index (χ4v) is 15.5. The summed E-state index contributed by atoms with van der Waals surface area (Å²) in [4.78, 5) is 30.5. The molecule has 0 radical (unpaired) electrons. The smallest absolute Gasteiger partial charge is 0.429 e. The highest BCUT2D eigenvalue weighted by molar-refractivity contribution is 6.90. The molecule has 334 valence electrons. The Hall–Kier alpha value is -4.58. The van der Waals surface area contributed by atoms with Gasteiger partial charge in [-0.2, -0.15) is 9.97 Å². The lowest BCUT2D eigenvalue weighted by Crippen LogP contribution is -2.49. The summed E-state index contributed by atoms with van der Waals surface area (Å²) < 4.78 is 56.3. The van der Waals surface area contributed by atoms with Crippen LogP contribution < -0.4 is 14.5 Å². The molecule has 3 aliphatic heterocycles. The van der Waals surface area contributed by atoms with Crippen molar-refractivity contribution < 1.29 is 32.5 Å². The van der Waals surface area contributed by atoms with Crippen molar-refractivity contribution in [2.24, 2.45) is 0 Å².